The van der Waals surface area contributed by atoms with Crippen molar-refractivity contribution in [2.45, 2.75) is 19.9 Å². The van der Waals surface area contributed by atoms with Crippen molar-refractivity contribution in [3.8, 4) is 0 Å². The molecule has 0 radical (unpaired) electrons. The van der Waals surface area contributed by atoms with E-state index in [1.807, 2.05) is 0 Å². The van der Waals surface area contributed by atoms with Crippen molar-refractivity contribution in [2.24, 2.45) is 0 Å². The monoisotopic (exact) mass is 307 g/mol. The lowest BCUT2D eigenvalue weighted by Gasteiger charge is -2.36. The Bertz CT molecular complexity index is 414. The zero-order valence-corrected chi connectivity index (χ0v) is 13.8. The molecule has 0 amide bonds. The molecule has 2 N–H and O–H groups in total. The van der Waals surface area contributed by atoms with Gasteiger partial charge in [-0.1, -0.05) is 0 Å². The third-order valence-corrected chi connectivity index (χ3v) is 3.85. The van der Waals surface area contributed by atoms with E-state index < -0.39 is 0 Å². The van der Waals surface area contributed by atoms with Gasteiger partial charge in [-0.05, 0) is 38.1 Å². The van der Waals surface area contributed by atoms with Crippen molar-refractivity contribution in [3.63, 3.8) is 0 Å². The summed E-state index contributed by atoms with van der Waals surface area (Å²) in [4.78, 5) is 4.85. The minimum atomic E-state index is 0.107. The lowest BCUT2D eigenvalue weighted by atomic mass is 10.2. The van der Waals surface area contributed by atoms with E-state index in [4.69, 9.17) is 9.84 Å². The fraction of sp³-hybridized carbons (Fsp3) is 0.647. The van der Waals surface area contributed by atoms with Gasteiger partial charge >= 0.3 is 0 Å². The molecule has 1 aromatic carbocycles. The maximum Gasteiger partial charge on any atom is 0.0698 e. The molecular weight excluding hydrogens is 278 g/mol. The van der Waals surface area contributed by atoms with Crippen molar-refractivity contribution < 1.29 is 9.84 Å². The fourth-order valence-electron chi connectivity index (χ4n) is 2.69. The van der Waals surface area contributed by atoms with Crippen LogP contribution in [0.4, 0.5) is 11.4 Å². The van der Waals surface area contributed by atoms with Crippen molar-refractivity contribution in [1.82, 2.24) is 4.90 Å². The van der Waals surface area contributed by atoms with Crippen LogP contribution in [0, 0.1) is 0 Å². The van der Waals surface area contributed by atoms with Gasteiger partial charge in [-0.2, -0.15) is 0 Å². The van der Waals surface area contributed by atoms with E-state index in [-0.39, 0.29) is 6.61 Å². The van der Waals surface area contributed by atoms with Gasteiger partial charge in [-0.25, -0.2) is 0 Å². The number of hydrogen-bond acceptors (Lipinski definition) is 5. The zero-order valence-electron chi connectivity index (χ0n) is 13.8. The van der Waals surface area contributed by atoms with Gasteiger partial charge in [0, 0.05) is 50.1 Å². The molecule has 0 aliphatic carbocycles. The van der Waals surface area contributed by atoms with Crippen LogP contribution in [-0.4, -0.2) is 68.6 Å². The average Bonchev–Trinajstić information content (AvgIpc) is 2.52. The van der Waals surface area contributed by atoms with E-state index in [0.717, 1.165) is 32.7 Å². The third kappa shape index (κ3) is 5.48. The first-order valence-corrected chi connectivity index (χ1v) is 8.21. The molecule has 0 unspecified atom stereocenters. The first-order chi connectivity index (χ1) is 10.7. The molecule has 22 heavy (non-hydrogen) atoms. The van der Waals surface area contributed by atoms with Crippen LogP contribution in [0.5, 0.6) is 0 Å². The maximum absolute atomic E-state index is 8.68. The Morgan fingerprint density at radius 1 is 1.09 bits per heavy atom. The highest BCUT2D eigenvalue weighted by Crippen LogP contribution is 2.19. The maximum atomic E-state index is 8.68. The highest BCUT2D eigenvalue weighted by atomic mass is 16.5. The zero-order chi connectivity index (χ0) is 15.8. The predicted octanol–water partition coefficient (Wildman–Crippen LogP) is 1.64. The summed E-state index contributed by atoms with van der Waals surface area (Å²) >= 11 is 0. The Labute approximate surface area is 133 Å². The minimum absolute atomic E-state index is 0.107. The van der Waals surface area contributed by atoms with Crippen LogP contribution >= 0.6 is 0 Å². The number of hydrogen-bond donors (Lipinski definition) is 2. The summed E-state index contributed by atoms with van der Waals surface area (Å²) in [5, 5.41) is 12.1. The molecule has 1 aliphatic rings. The molecule has 1 fully saturated rings. The van der Waals surface area contributed by atoms with Crippen molar-refractivity contribution >= 4 is 11.4 Å². The molecule has 1 saturated heterocycles. The second-order valence-electron chi connectivity index (χ2n) is 6.01. The smallest absolute Gasteiger partial charge is 0.0698 e. The third-order valence-electron chi connectivity index (χ3n) is 3.85. The molecule has 0 aromatic heterocycles. The minimum Gasteiger partial charge on any atom is -0.394 e. The fourth-order valence-corrected chi connectivity index (χ4v) is 2.69. The van der Waals surface area contributed by atoms with Crippen molar-refractivity contribution in [3.05, 3.63) is 24.3 Å². The van der Waals surface area contributed by atoms with Crippen LogP contribution in [-0.2, 0) is 4.74 Å². The van der Waals surface area contributed by atoms with Crippen LogP contribution in [0.2, 0.25) is 0 Å². The lowest BCUT2D eigenvalue weighted by Crippen LogP contribution is -2.47. The molecule has 5 heteroatoms. The number of anilines is 2. The second-order valence-corrected chi connectivity index (χ2v) is 6.01. The number of benzene rings is 1. The Kier molecular flexibility index (Phi) is 6.96. The number of piperazine rings is 1. The van der Waals surface area contributed by atoms with E-state index in [9.17, 15) is 0 Å². The molecule has 1 aliphatic heterocycles. The Morgan fingerprint density at radius 2 is 1.77 bits per heavy atom. The van der Waals surface area contributed by atoms with Crippen LogP contribution in [0.1, 0.15) is 13.8 Å². The second kappa shape index (κ2) is 8.98. The number of nitrogens with one attached hydrogen (secondary N) is 1. The van der Waals surface area contributed by atoms with Crippen LogP contribution < -0.4 is 10.2 Å². The van der Waals surface area contributed by atoms with Crippen LogP contribution in [0.3, 0.4) is 0 Å². The molecule has 1 heterocycles. The number of rotatable bonds is 8. The highest BCUT2D eigenvalue weighted by Gasteiger charge is 2.16. The lowest BCUT2D eigenvalue weighted by molar-refractivity contribution is 0.0724. The summed E-state index contributed by atoms with van der Waals surface area (Å²) in [5.74, 6) is 0. The number of nitrogens with zero attached hydrogens (tertiary/aromatic N) is 2. The van der Waals surface area contributed by atoms with E-state index >= 15 is 0 Å². The van der Waals surface area contributed by atoms with Gasteiger partial charge in [0.15, 0.2) is 0 Å². The molecule has 0 atom stereocenters. The van der Waals surface area contributed by atoms with Gasteiger partial charge in [-0.15, -0.1) is 0 Å². The standard InChI is InChI=1S/C17H29N3O2/c1-15(2)18-16-3-5-17(6-4-16)20-9-7-19(8-10-20)11-13-22-14-12-21/h3-6,15,18,21H,7-14H2,1-2H3. The molecule has 1 aromatic rings. The SMILES string of the molecule is CC(C)Nc1ccc(N2CCN(CCOCCO)CC2)cc1. The van der Waals surface area contributed by atoms with Crippen LogP contribution in [0.15, 0.2) is 24.3 Å². The van der Waals surface area contributed by atoms with Gasteiger partial charge < -0.3 is 20.1 Å². The van der Waals surface area contributed by atoms with E-state index in [1.54, 1.807) is 0 Å². The Balaban J connectivity index is 1.74. The first kappa shape index (κ1) is 17.1. The summed E-state index contributed by atoms with van der Waals surface area (Å²) in [6, 6.07) is 9.17. The Morgan fingerprint density at radius 3 is 2.36 bits per heavy atom. The summed E-state index contributed by atoms with van der Waals surface area (Å²) in [6.07, 6.45) is 0. The van der Waals surface area contributed by atoms with E-state index in [2.05, 4.69) is 53.2 Å². The summed E-state index contributed by atoms with van der Waals surface area (Å²) in [7, 11) is 0. The van der Waals surface area contributed by atoms with Crippen LogP contribution in [0.25, 0.3) is 0 Å². The number of aliphatic hydroxyl groups is 1. The quantitative estimate of drug-likeness (QED) is 0.715. The number of ether oxygens (including phenoxy) is 1. The molecule has 124 valence electrons. The summed E-state index contributed by atoms with van der Waals surface area (Å²) in [6.45, 7) is 10.7. The van der Waals surface area contributed by atoms with Gasteiger partial charge in [0.2, 0.25) is 0 Å². The molecule has 0 bridgehead atoms. The number of aliphatic hydroxyl groups excluding tert-OH is 1. The van der Waals surface area contributed by atoms with Gasteiger partial charge in [0.25, 0.3) is 0 Å². The predicted molar refractivity (Wildman–Crippen MR) is 91.8 cm³/mol. The molecule has 2 rings (SSSR count). The molecule has 0 saturated carbocycles. The molecule has 0 spiro atoms. The largest absolute Gasteiger partial charge is 0.394 e. The van der Waals surface area contributed by atoms with Gasteiger partial charge in [-0.3, -0.25) is 4.90 Å². The topological polar surface area (TPSA) is 48.0 Å². The van der Waals surface area contributed by atoms with E-state index in [0.29, 0.717) is 19.3 Å². The Hall–Kier alpha value is -1.30. The normalized spacial score (nSPS) is 16.3. The van der Waals surface area contributed by atoms with Crippen molar-refractivity contribution in [1.29, 1.82) is 0 Å². The van der Waals surface area contributed by atoms with E-state index in [1.165, 1.54) is 11.4 Å². The first-order valence-electron chi connectivity index (χ1n) is 8.21. The summed E-state index contributed by atoms with van der Waals surface area (Å²) < 4.78 is 5.33. The van der Waals surface area contributed by atoms with Gasteiger partial charge in [0.05, 0.1) is 19.8 Å². The average molecular weight is 307 g/mol. The highest BCUT2D eigenvalue weighted by molar-refractivity contribution is 5.55. The van der Waals surface area contributed by atoms with Gasteiger partial charge in [0.1, 0.15) is 0 Å². The summed E-state index contributed by atoms with van der Waals surface area (Å²) in [5.41, 5.74) is 2.48. The molecule has 5 nitrogen and oxygen atoms in total. The molecular formula is C17H29N3O2. The van der Waals surface area contributed by atoms with Crippen molar-refractivity contribution in [2.75, 3.05) is 62.8 Å².